The molecule has 7 heteroatoms. The van der Waals surface area contributed by atoms with E-state index in [1.807, 2.05) is 49.4 Å². The highest BCUT2D eigenvalue weighted by Gasteiger charge is 2.30. The Morgan fingerprint density at radius 2 is 2.00 bits per heavy atom. The first-order valence-electron chi connectivity index (χ1n) is 9.44. The molecular formula is C22H21N3O4. The topological polar surface area (TPSA) is 91.8 Å². The molecular weight excluding hydrogens is 370 g/mol. The van der Waals surface area contributed by atoms with Gasteiger partial charge in [-0.05, 0) is 43.2 Å². The van der Waals surface area contributed by atoms with E-state index in [-0.39, 0.29) is 12.1 Å². The molecule has 0 bridgehead atoms. The number of ether oxygens (including phenoxy) is 1. The van der Waals surface area contributed by atoms with Crippen LogP contribution in [0.3, 0.4) is 0 Å². The maximum absolute atomic E-state index is 12.9. The molecule has 0 radical (unpaired) electrons. The molecule has 1 aliphatic heterocycles. The number of carboxylic acid groups (broad SMARTS) is 1. The molecule has 0 fully saturated rings. The number of allylic oxidation sites excluding steroid dienone is 3. The molecule has 2 heterocycles. The summed E-state index contributed by atoms with van der Waals surface area (Å²) < 4.78 is 5.85. The molecule has 2 aromatic rings. The lowest BCUT2D eigenvalue weighted by Gasteiger charge is -2.32. The average molecular weight is 391 g/mol. The van der Waals surface area contributed by atoms with E-state index in [9.17, 15) is 9.59 Å². The van der Waals surface area contributed by atoms with Crippen molar-refractivity contribution >= 4 is 29.1 Å². The summed E-state index contributed by atoms with van der Waals surface area (Å²) in [4.78, 5) is 30.3. The Morgan fingerprint density at radius 1 is 1.21 bits per heavy atom. The van der Waals surface area contributed by atoms with Crippen LogP contribution in [0.4, 0.5) is 16.3 Å². The largest absolute Gasteiger partial charge is 0.485 e. The number of urea groups is 1. The summed E-state index contributed by atoms with van der Waals surface area (Å²) in [5.74, 6) is -0.377. The lowest BCUT2D eigenvalue weighted by molar-refractivity contribution is -0.139. The van der Waals surface area contributed by atoms with Crippen molar-refractivity contribution in [3.63, 3.8) is 0 Å². The number of benzene rings is 1. The van der Waals surface area contributed by atoms with Gasteiger partial charge in [-0.15, -0.1) is 0 Å². The molecule has 1 aromatic carbocycles. The Balaban J connectivity index is 1.61. The van der Waals surface area contributed by atoms with Crippen LogP contribution in [0.15, 0.2) is 60.7 Å². The fourth-order valence-electron chi connectivity index (χ4n) is 3.36. The zero-order chi connectivity index (χ0) is 20.4. The predicted octanol–water partition coefficient (Wildman–Crippen LogP) is 3.95. The number of fused-ring (bicyclic) bond motifs is 1. The van der Waals surface area contributed by atoms with Gasteiger partial charge in [0.2, 0.25) is 0 Å². The summed E-state index contributed by atoms with van der Waals surface area (Å²) in [7, 11) is 0. The Hall–Kier alpha value is -3.61. The third-order valence-corrected chi connectivity index (χ3v) is 4.85. The number of amides is 2. The number of hydrogen-bond donors (Lipinski definition) is 2. The number of aromatic nitrogens is 1. The van der Waals surface area contributed by atoms with Crippen LogP contribution >= 0.6 is 0 Å². The second-order valence-corrected chi connectivity index (χ2v) is 7.05. The maximum atomic E-state index is 12.9. The molecule has 2 atom stereocenters. The molecule has 1 aliphatic carbocycles. The third-order valence-electron chi connectivity index (χ3n) is 4.85. The minimum absolute atomic E-state index is 0.165. The third kappa shape index (κ3) is 3.99. The first-order valence-corrected chi connectivity index (χ1v) is 9.44. The van der Waals surface area contributed by atoms with Crippen molar-refractivity contribution in [1.82, 2.24) is 4.98 Å². The summed E-state index contributed by atoms with van der Waals surface area (Å²) in [6.07, 6.45) is 5.52. The van der Waals surface area contributed by atoms with E-state index >= 15 is 0 Å². The van der Waals surface area contributed by atoms with Crippen molar-refractivity contribution in [2.24, 2.45) is 5.92 Å². The number of hydrogen-bond acceptors (Lipinski definition) is 4. The molecule has 4 rings (SSSR count). The minimum atomic E-state index is -0.846. The molecule has 2 N–H and O–H groups in total. The number of para-hydroxylation sites is 1. The fraction of sp³-hybridized carbons (Fsp3) is 0.227. The standard InChI is InChI=1S/C22H21N3O4/c1-14-13-25(22(28)23-17-5-3-2-4-6-17)20-19(29-14)12-11-18(24-20)15-7-9-16(10-8-15)21(26)27/h2-9,11-12,14,16H,10,13H2,1H3,(H,23,28)(H,26,27). The van der Waals surface area contributed by atoms with Gasteiger partial charge in [-0.3, -0.25) is 9.69 Å². The van der Waals surface area contributed by atoms with E-state index in [1.165, 1.54) is 0 Å². The average Bonchev–Trinajstić information content (AvgIpc) is 2.73. The van der Waals surface area contributed by atoms with Gasteiger partial charge in [-0.2, -0.15) is 0 Å². The first-order chi connectivity index (χ1) is 14.0. The first kappa shape index (κ1) is 18.7. The molecule has 0 spiro atoms. The summed E-state index contributed by atoms with van der Waals surface area (Å²) in [5.41, 5.74) is 2.19. The summed E-state index contributed by atoms with van der Waals surface area (Å²) in [6.45, 7) is 2.27. The number of pyridine rings is 1. The van der Waals surface area contributed by atoms with Crippen molar-refractivity contribution in [2.75, 3.05) is 16.8 Å². The van der Waals surface area contributed by atoms with Crippen LogP contribution in [0.5, 0.6) is 5.75 Å². The summed E-state index contributed by atoms with van der Waals surface area (Å²) in [6, 6.07) is 12.6. The van der Waals surface area contributed by atoms with Crippen molar-refractivity contribution in [2.45, 2.75) is 19.4 Å². The van der Waals surface area contributed by atoms with Crippen LogP contribution in [-0.2, 0) is 4.79 Å². The fourth-order valence-corrected chi connectivity index (χ4v) is 3.36. The van der Waals surface area contributed by atoms with E-state index in [2.05, 4.69) is 10.3 Å². The van der Waals surface area contributed by atoms with Crippen LogP contribution in [-0.4, -0.2) is 34.7 Å². The number of carbonyl (C=O) groups excluding carboxylic acids is 1. The van der Waals surface area contributed by atoms with Crippen LogP contribution in [0.2, 0.25) is 0 Å². The molecule has 0 saturated carbocycles. The maximum Gasteiger partial charge on any atom is 0.327 e. The van der Waals surface area contributed by atoms with Gasteiger partial charge < -0.3 is 15.2 Å². The lowest BCUT2D eigenvalue weighted by Crippen LogP contribution is -2.45. The summed E-state index contributed by atoms with van der Waals surface area (Å²) in [5, 5.41) is 12.0. The number of nitrogens with one attached hydrogen (secondary N) is 1. The van der Waals surface area contributed by atoms with Crippen LogP contribution < -0.4 is 15.0 Å². The normalized spacial score (nSPS) is 20.3. The van der Waals surface area contributed by atoms with Crippen molar-refractivity contribution in [3.05, 3.63) is 66.4 Å². The molecule has 7 nitrogen and oxygen atoms in total. The van der Waals surface area contributed by atoms with E-state index in [0.717, 1.165) is 5.57 Å². The van der Waals surface area contributed by atoms with Crippen LogP contribution in [0.25, 0.3) is 5.57 Å². The van der Waals surface area contributed by atoms with Crippen molar-refractivity contribution < 1.29 is 19.4 Å². The number of carbonyl (C=O) groups is 2. The monoisotopic (exact) mass is 391 g/mol. The number of aliphatic carboxylic acids is 1. The van der Waals surface area contributed by atoms with Gasteiger partial charge in [0.15, 0.2) is 11.6 Å². The zero-order valence-corrected chi connectivity index (χ0v) is 15.9. The highest BCUT2D eigenvalue weighted by Crippen LogP contribution is 2.34. The van der Waals surface area contributed by atoms with Gasteiger partial charge in [0.1, 0.15) is 6.10 Å². The number of carboxylic acids is 1. The van der Waals surface area contributed by atoms with Gasteiger partial charge in [0, 0.05) is 5.69 Å². The lowest BCUT2D eigenvalue weighted by atomic mass is 9.95. The van der Waals surface area contributed by atoms with E-state index < -0.39 is 11.9 Å². The van der Waals surface area contributed by atoms with Crippen LogP contribution in [0.1, 0.15) is 19.0 Å². The van der Waals surface area contributed by atoms with Crippen molar-refractivity contribution in [3.8, 4) is 5.75 Å². The molecule has 2 aliphatic rings. The molecule has 0 saturated heterocycles. The van der Waals surface area contributed by atoms with Gasteiger partial charge in [0.25, 0.3) is 0 Å². The predicted molar refractivity (Wildman–Crippen MR) is 110 cm³/mol. The highest BCUT2D eigenvalue weighted by molar-refractivity contribution is 6.02. The Bertz CT molecular complexity index is 1000. The quantitative estimate of drug-likeness (QED) is 0.827. The van der Waals surface area contributed by atoms with E-state index in [1.54, 1.807) is 23.1 Å². The number of rotatable bonds is 3. The second kappa shape index (κ2) is 7.79. The Labute approximate surface area is 168 Å². The molecule has 148 valence electrons. The molecule has 29 heavy (non-hydrogen) atoms. The SMILES string of the molecule is CC1CN(C(=O)Nc2ccccc2)c2nc(C3=CCC(C(=O)O)C=C3)ccc2O1. The Morgan fingerprint density at radius 3 is 2.69 bits per heavy atom. The molecule has 2 amide bonds. The zero-order valence-electron chi connectivity index (χ0n) is 15.9. The minimum Gasteiger partial charge on any atom is -0.485 e. The van der Waals surface area contributed by atoms with E-state index in [4.69, 9.17) is 9.84 Å². The van der Waals surface area contributed by atoms with Gasteiger partial charge in [0.05, 0.1) is 18.2 Å². The number of nitrogens with zero attached hydrogens (tertiary/aromatic N) is 2. The van der Waals surface area contributed by atoms with Crippen molar-refractivity contribution in [1.29, 1.82) is 0 Å². The molecule has 2 unspecified atom stereocenters. The smallest absolute Gasteiger partial charge is 0.327 e. The van der Waals surface area contributed by atoms with Gasteiger partial charge in [-0.25, -0.2) is 9.78 Å². The van der Waals surface area contributed by atoms with Gasteiger partial charge >= 0.3 is 12.0 Å². The Kier molecular flexibility index (Phi) is 5.03. The van der Waals surface area contributed by atoms with Crippen LogP contribution in [0, 0.1) is 5.92 Å². The second-order valence-electron chi connectivity index (χ2n) is 7.05. The molecule has 1 aromatic heterocycles. The van der Waals surface area contributed by atoms with Gasteiger partial charge in [-0.1, -0.05) is 36.4 Å². The van der Waals surface area contributed by atoms with E-state index in [0.29, 0.717) is 35.9 Å². The highest BCUT2D eigenvalue weighted by atomic mass is 16.5. The number of anilines is 2. The summed E-state index contributed by atoms with van der Waals surface area (Å²) >= 11 is 0.